The highest BCUT2D eigenvalue weighted by Crippen LogP contribution is 2.24. The van der Waals surface area contributed by atoms with Crippen LogP contribution in [0.25, 0.3) is 0 Å². The van der Waals surface area contributed by atoms with E-state index >= 15 is 0 Å². The molecule has 1 aromatic carbocycles. The largest absolute Gasteiger partial charge is 0.478 e. The van der Waals surface area contributed by atoms with Crippen LogP contribution in [0.5, 0.6) is 5.75 Å². The average molecular weight is 330 g/mol. The predicted molar refractivity (Wildman–Crippen MR) is 78.0 cm³/mol. The molecule has 0 fully saturated rings. The summed E-state index contributed by atoms with van der Waals surface area (Å²) in [5.41, 5.74) is 6.55. The van der Waals surface area contributed by atoms with Crippen molar-refractivity contribution in [3.05, 3.63) is 28.2 Å². The third kappa shape index (κ3) is 4.84. The van der Waals surface area contributed by atoms with Gasteiger partial charge in [0.2, 0.25) is 0 Å². The van der Waals surface area contributed by atoms with Crippen LogP contribution in [-0.2, 0) is 16.1 Å². The van der Waals surface area contributed by atoms with Gasteiger partial charge < -0.3 is 15.2 Å². The Morgan fingerprint density at radius 1 is 1.42 bits per heavy atom. The van der Waals surface area contributed by atoms with Crippen molar-refractivity contribution < 1.29 is 14.3 Å². The minimum atomic E-state index is -0.573. The zero-order valence-corrected chi connectivity index (χ0v) is 12.9. The molecule has 0 aliphatic rings. The maximum atomic E-state index is 11.8. The first-order valence-corrected chi connectivity index (χ1v) is 7.23. The number of halogens is 1. The number of esters is 1. The second-order valence-corrected chi connectivity index (χ2v) is 5.02. The average Bonchev–Trinajstić information content (AvgIpc) is 2.40. The first kappa shape index (κ1) is 16.0. The Morgan fingerprint density at radius 2 is 2.16 bits per heavy atom. The van der Waals surface area contributed by atoms with E-state index in [0.717, 1.165) is 16.5 Å². The fourth-order valence-corrected chi connectivity index (χ4v) is 2.11. The smallest absolute Gasteiger partial charge is 0.347 e. The van der Waals surface area contributed by atoms with E-state index in [4.69, 9.17) is 15.2 Å². The van der Waals surface area contributed by atoms with E-state index in [1.807, 2.05) is 25.1 Å². The van der Waals surface area contributed by atoms with Crippen LogP contribution in [-0.4, -0.2) is 18.7 Å². The summed E-state index contributed by atoms with van der Waals surface area (Å²) in [6, 6.07) is 5.57. The number of carbonyl (C=O) groups is 1. The molecule has 2 N–H and O–H groups in total. The number of hydrogen-bond donors (Lipinski definition) is 1. The summed E-state index contributed by atoms with van der Waals surface area (Å²) in [6.45, 7) is 4.50. The maximum Gasteiger partial charge on any atom is 0.347 e. The zero-order valence-electron chi connectivity index (χ0n) is 11.3. The number of ether oxygens (including phenoxy) is 2. The quantitative estimate of drug-likeness (QED) is 0.781. The van der Waals surface area contributed by atoms with Gasteiger partial charge in [0.25, 0.3) is 0 Å². The Morgan fingerprint density at radius 3 is 2.74 bits per heavy atom. The fraction of sp³-hybridized carbons (Fsp3) is 0.500. The molecule has 0 aliphatic carbocycles. The van der Waals surface area contributed by atoms with Gasteiger partial charge in [-0.25, -0.2) is 4.79 Å². The van der Waals surface area contributed by atoms with Crippen LogP contribution in [0.2, 0.25) is 0 Å². The fourth-order valence-electron chi connectivity index (χ4n) is 1.70. The van der Waals surface area contributed by atoms with Crippen molar-refractivity contribution in [3.63, 3.8) is 0 Å². The highest BCUT2D eigenvalue weighted by Gasteiger charge is 2.21. The molecule has 0 aromatic heterocycles. The van der Waals surface area contributed by atoms with E-state index in [-0.39, 0.29) is 5.97 Å². The van der Waals surface area contributed by atoms with Crippen molar-refractivity contribution in [2.24, 2.45) is 5.73 Å². The van der Waals surface area contributed by atoms with E-state index in [0.29, 0.717) is 25.3 Å². The highest BCUT2D eigenvalue weighted by molar-refractivity contribution is 9.10. The van der Waals surface area contributed by atoms with Crippen LogP contribution in [0.4, 0.5) is 0 Å². The van der Waals surface area contributed by atoms with Crippen molar-refractivity contribution in [2.75, 3.05) is 6.61 Å². The normalized spacial score (nSPS) is 12.0. The predicted octanol–water partition coefficient (Wildman–Crippen LogP) is 3.02. The monoisotopic (exact) mass is 329 g/mol. The maximum absolute atomic E-state index is 11.8. The van der Waals surface area contributed by atoms with Crippen LogP contribution in [0, 0.1) is 0 Å². The first-order chi connectivity index (χ1) is 9.12. The summed E-state index contributed by atoms with van der Waals surface area (Å²) >= 11 is 3.39. The molecule has 0 radical (unpaired) electrons. The standard InChI is InChI=1S/C14H20BrNO3/c1-3-5-13(14(17)18-4-2)19-12-7-6-11(15)8-10(12)9-16/h6-8,13H,3-5,9,16H2,1-2H3. The molecule has 0 saturated heterocycles. The summed E-state index contributed by atoms with van der Waals surface area (Å²) < 4.78 is 11.7. The SMILES string of the molecule is CCCC(Oc1ccc(Br)cc1CN)C(=O)OCC. The number of hydrogen-bond acceptors (Lipinski definition) is 4. The van der Waals surface area contributed by atoms with Gasteiger partial charge in [-0.1, -0.05) is 29.3 Å². The van der Waals surface area contributed by atoms with Gasteiger partial charge in [0.15, 0.2) is 6.10 Å². The molecule has 0 amide bonds. The molecule has 106 valence electrons. The van der Waals surface area contributed by atoms with Crippen LogP contribution in [0.1, 0.15) is 32.3 Å². The van der Waals surface area contributed by atoms with Crippen LogP contribution in [0.15, 0.2) is 22.7 Å². The summed E-state index contributed by atoms with van der Waals surface area (Å²) in [6.07, 6.45) is 0.896. The van der Waals surface area contributed by atoms with Crippen LogP contribution >= 0.6 is 15.9 Å². The molecule has 1 aromatic rings. The van der Waals surface area contributed by atoms with Crippen molar-refractivity contribution >= 4 is 21.9 Å². The van der Waals surface area contributed by atoms with Crippen LogP contribution < -0.4 is 10.5 Å². The highest BCUT2D eigenvalue weighted by atomic mass is 79.9. The lowest BCUT2D eigenvalue weighted by Gasteiger charge is -2.19. The second-order valence-electron chi connectivity index (χ2n) is 4.10. The van der Waals surface area contributed by atoms with E-state index in [2.05, 4.69) is 15.9 Å². The van der Waals surface area contributed by atoms with Crippen molar-refractivity contribution in [2.45, 2.75) is 39.3 Å². The minimum absolute atomic E-state index is 0.324. The molecule has 1 unspecified atom stereocenters. The molecule has 4 nitrogen and oxygen atoms in total. The summed E-state index contributed by atoms with van der Waals surface area (Å²) in [5, 5.41) is 0. The third-order valence-electron chi connectivity index (χ3n) is 2.61. The number of benzene rings is 1. The topological polar surface area (TPSA) is 61.5 Å². The summed E-state index contributed by atoms with van der Waals surface area (Å²) in [4.78, 5) is 11.8. The number of carbonyl (C=O) groups excluding carboxylic acids is 1. The molecule has 5 heteroatoms. The summed E-state index contributed by atoms with van der Waals surface area (Å²) in [7, 11) is 0. The molecule has 0 spiro atoms. The van der Waals surface area contributed by atoms with Crippen molar-refractivity contribution in [1.29, 1.82) is 0 Å². The van der Waals surface area contributed by atoms with Gasteiger partial charge in [-0.2, -0.15) is 0 Å². The van der Waals surface area contributed by atoms with Gasteiger partial charge in [-0.3, -0.25) is 0 Å². The Labute approximate surface area is 122 Å². The van der Waals surface area contributed by atoms with Crippen molar-refractivity contribution in [3.8, 4) is 5.75 Å². The number of rotatable bonds is 7. The molecule has 0 saturated carbocycles. The van der Waals surface area contributed by atoms with Gasteiger partial charge >= 0.3 is 5.97 Å². The molecular weight excluding hydrogens is 310 g/mol. The summed E-state index contributed by atoms with van der Waals surface area (Å²) in [5.74, 6) is 0.312. The molecule has 1 rings (SSSR count). The van der Waals surface area contributed by atoms with Gasteiger partial charge in [0, 0.05) is 16.6 Å². The second kappa shape index (κ2) is 8.17. The Balaban J connectivity index is 2.86. The Hall–Kier alpha value is -1.07. The van der Waals surface area contributed by atoms with Gasteiger partial charge in [-0.15, -0.1) is 0 Å². The Bertz CT molecular complexity index is 423. The molecular formula is C14H20BrNO3. The lowest BCUT2D eigenvalue weighted by atomic mass is 10.1. The zero-order chi connectivity index (χ0) is 14.3. The van der Waals surface area contributed by atoms with Crippen LogP contribution in [0.3, 0.4) is 0 Å². The van der Waals surface area contributed by atoms with E-state index in [1.54, 1.807) is 6.92 Å². The van der Waals surface area contributed by atoms with E-state index in [1.165, 1.54) is 0 Å². The molecule has 0 aliphatic heterocycles. The Kier molecular flexibility index (Phi) is 6.87. The van der Waals surface area contributed by atoms with Gasteiger partial charge in [0.1, 0.15) is 5.75 Å². The van der Waals surface area contributed by atoms with Gasteiger partial charge in [0.05, 0.1) is 6.61 Å². The lowest BCUT2D eigenvalue weighted by molar-refractivity contribution is -0.151. The molecule has 0 bridgehead atoms. The van der Waals surface area contributed by atoms with Gasteiger partial charge in [-0.05, 0) is 31.5 Å². The first-order valence-electron chi connectivity index (χ1n) is 6.44. The van der Waals surface area contributed by atoms with Crippen molar-refractivity contribution in [1.82, 2.24) is 0 Å². The lowest BCUT2D eigenvalue weighted by Crippen LogP contribution is -2.29. The molecule has 19 heavy (non-hydrogen) atoms. The molecule has 0 heterocycles. The van der Waals surface area contributed by atoms with E-state index < -0.39 is 6.10 Å². The number of nitrogens with two attached hydrogens (primary N) is 1. The molecule has 1 atom stereocenters. The third-order valence-corrected chi connectivity index (χ3v) is 3.11. The van der Waals surface area contributed by atoms with E-state index in [9.17, 15) is 4.79 Å². The minimum Gasteiger partial charge on any atom is -0.478 e.